The second-order valence-corrected chi connectivity index (χ2v) is 1.90. The van der Waals surface area contributed by atoms with Crippen LogP contribution in [-0.4, -0.2) is 6.61 Å². The molecule has 0 aliphatic heterocycles. The zero-order chi connectivity index (χ0) is 8.27. The minimum atomic E-state index is -0.785. The number of hydrogen-bond acceptors (Lipinski definition) is 1. The SMILES string of the molecule is CCOc1c(F)[c]ccc1F. The van der Waals surface area contributed by atoms with E-state index in [1.165, 1.54) is 6.07 Å². The van der Waals surface area contributed by atoms with Gasteiger partial charge in [0.2, 0.25) is 0 Å². The molecule has 1 rings (SSSR count). The molecule has 3 heteroatoms. The summed E-state index contributed by atoms with van der Waals surface area (Å²) in [5.41, 5.74) is 0. The summed E-state index contributed by atoms with van der Waals surface area (Å²) in [5, 5.41) is 0. The van der Waals surface area contributed by atoms with E-state index in [0.29, 0.717) is 0 Å². The third-order valence-electron chi connectivity index (χ3n) is 1.14. The molecule has 0 saturated heterocycles. The van der Waals surface area contributed by atoms with E-state index >= 15 is 0 Å². The van der Waals surface area contributed by atoms with Gasteiger partial charge in [-0.2, -0.15) is 0 Å². The number of rotatable bonds is 2. The lowest BCUT2D eigenvalue weighted by Gasteiger charge is -2.03. The van der Waals surface area contributed by atoms with Crippen molar-refractivity contribution in [2.75, 3.05) is 6.61 Å². The lowest BCUT2D eigenvalue weighted by molar-refractivity contribution is 0.302. The summed E-state index contributed by atoms with van der Waals surface area (Å²) in [5.74, 6) is -1.83. The molecule has 1 nitrogen and oxygen atoms in total. The Morgan fingerprint density at radius 2 is 2.27 bits per heavy atom. The van der Waals surface area contributed by atoms with E-state index < -0.39 is 11.6 Å². The molecule has 0 aromatic heterocycles. The Hall–Kier alpha value is -1.12. The summed E-state index contributed by atoms with van der Waals surface area (Å²) in [6.45, 7) is 1.90. The Morgan fingerprint density at radius 1 is 1.55 bits per heavy atom. The van der Waals surface area contributed by atoms with Crippen LogP contribution in [0.1, 0.15) is 6.92 Å². The van der Waals surface area contributed by atoms with Crippen molar-refractivity contribution in [3.8, 4) is 5.75 Å². The fourth-order valence-electron chi connectivity index (χ4n) is 0.711. The minimum absolute atomic E-state index is 0.242. The van der Waals surface area contributed by atoms with E-state index in [4.69, 9.17) is 0 Å². The molecule has 1 aromatic rings. The smallest absolute Gasteiger partial charge is 0.191 e. The number of benzene rings is 1. The van der Waals surface area contributed by atoms with E-state index in [1.54, 1.807) is 6.92 Å². The maximum Gasteiger partial charge on any atom is 0.191 e. The van der Waals surface area contributed by atoms with Gasteiger partial charge in [0, 0.05) is 6.07 Å². The Kier molecular flexibility index (Phi) is 2.41. The van der Waals surface area contributed by atoms with Gasteiger partial charge in [-0.1, -0.05) is 0 Å². The molecule has 1 radical (unpaired) electrons. The number of halogens is 2. The Labute approximate surface area is 63.6 Å². The zero-order valence-corrected chi connectivity index (χ0v) is 6.03. The molecule has 0 unspecified atom stereocenters. The second kappa shape index (κ2) is 3.32. The minimum Gasteiger partial charge on any atom is -0.488 e. The van der Waals surface area contributed by atoms with Crippen molar-refractivity contribution < 1.29 is 13.5 Å². The van der Waals surface area contributed by atoms with Gasteiger partial charge in [-0.05, 0) is 19.1 Å². The van der Waals surface area contributed by atoms with Crippen LogP contribution in [0.3, 0.4) is 0 Å². The van der Waals surface area contributed by atoms with Gasteiger partial charge < -0.3 is 4.74 Å². The molecule has 0 bridgehead atoms. The maximum atomic E-state index is 12.7. The third-order valence-corrected chi connectivity index (χ3v) is 1.14. The molecule has 1 aromatic carbocycles. The highest BCUT2D eigenvalue weighted by Crippen LogP contribution is 2.19. The van der Waals surface area contributed by atoms with Crippen LogP contribution in [0.4, 0.5) is 8.78 Å². The Morgan fingerprint density at radius 3 is 2.82 bits per heavy atom. The van der Waals surface area contributed by atoms with Gasteiger partial charge in [-0.3, -0.25) is 0 Å². The standard InChI is InChI=1S/C8H7F2O/c1-2-11-8-6(9)4-3-5-7(8)10/h3-4H,2H2,1H3. The molecule has 59 valence electrons. The van der Waals surface area contributed by atoms with E-state index in [-0.39, 0.29) is 12.4 Å². The average molecular weight is 157 g/mol. The van der Waals surface area contributed by atoms with E-state index in [0.717, 1.165) is 6.07 Å². The first-order valence-corrected chi connectivity index (χ1v) is 3.24. The van der Waals surface area contributed by atoms with Crippen molar-refractivity contribution in [1.29, 1.82) is 0 Å². The van der Waals surface area contributed by atoms with Gasteiger partial charge in [0.25, 0.3) is 0 Å². The van der Waals surface area contributed by atoms with Crippen molar-refractivity contribution in [1.82, 2.24) is 0 Å². The molecular weight excluding hydrogens is 150 g/mol. The van der Waals surface area contributed by atoms with Gasteiger partial charge in [0.1, 0.15) is 0 Å². The predicted molar refractivity (Wildman–Crippen MR) is 36.4 cm³/mol. The van der Waals surface area contributed by atoms with E-state index in [2.05, 4.69) is 10.8 Å². The van der Waals surface area contributed by atoms with Crippen LogP contribution >= 0.6 is 0 Å². The summed E-state index contributed by atoms with van der Waals surface area (Å²) in [6.07, 6.45) is 0. The van der Waals surface area contributed by atoms with Crippen LogP contribution in [0.15, 0.2) is 12.1 Å². The zero-order valence-electron chi connectivity index (χ0n) is 6.03. The molecule has 0 spiro atoms. The number of ether oxygens (including phenoxy) is 1. The highest BCUT2D eigenvalue weighted by atomic mass is 19.1. The Balaban J connectivity index is 3.00. The van der Waals surface area contributed by atoms with Crippen molar-refractivity contribution in [2.24, 2.45) is 0 Å². The highest BCUT2D eigenvalue weighted by molar-refractivity contribution is 5.24. The van der Waals surface area contributed by atoms with Crippen LogP contribution in [0.5, 0.6) is 5.75 Å². The first-order chi connectivity index (χ1) is 5.25. The van der Waals surface area contributed by atoms with Crippen LogP contribution in [0.2, 0.25) is 0 Å². The topological polar surface area (TPSA) is 9.23 Å². The fraction of sp³-hybridized carbons (Fsp3) is 0.250. The lowest BCUT2D eigenvalue weighted by atomic mass is 10.3. The predicted octanol–water partition coefficient (Wildman–Crippen LogP) is 2.16. The van der Waals surface area contributed by atoms with Gasteiger partial charge in [0.15, 0.2) is 17.4 Å². The quantitative estimate of drug-likeness (QED) is 0.639. The first-order valence-electron chi connectivity index (χ1n) is 3.24. The van der Waals surface area contributed by atoms with Crippen molar-refractivity contribution in [2.45, 2.75) is 6.92 Å². The fourth-order valence-corrected chi connectivity index (χ4v) is 0.711. The van der Waals surface area contributed by atoms with Crippen LogP contribution in [0, 0.1) is 17.7 Å². The molecule has 0 N–H and O–H groups in total. The molecule has 0 aliphatic rings. The molecule has 0 amide bonds. The lowest BCUT2D eigenvalue weighted by Crippen LogP contribution is -1.97. The molecule has 0 saturated carbocycles. The largest absolute Gasteiger partial charge is 0.488 e. The average Bonchev–Trinajstić information content (AvgIpc) is 1.97. The van der Waals surface area contributed by atoms with Crippen molar-refractivity contribution in [3.63, 3.8) is 0 Å². The number of hydrogen-bond donors (Lipinski definition) is 0. The van der Waals surface area contributed by atoms with Crippen molar-refractivity contribution in [3.05, 3.63) is 29.8 Å². The maximum absolute atomic E-state index is 12.7. The van der Waals surface area contributed by atoms with Crippen LogP contribution in [-0.2, 0) is 0 Å². The molecule has 0 aliphatic carbocycles. The van der Waals surface area contributed by atoms with Gasteiger partial charge >= 0.3 is 0 Å². The van der Waals surface area contributed by atoms with Gasteiger partial charge in [-0.15, -0.1) is 0 Å². The summed E-state index contributed by atoms with van der Waals surface area (Å²) < 4.78 is 30.0. The monoisotopic (exact) mass is 157 g/mol. The summed E-state index contributed by atoms with van der Waals surface area (Å²) in [6, 6.07) is 4.47. The van der Waals surface area contributed by atoms with E-state index in [1.807, 2.05) is 0 Å². The van der Waals surface area contributed by atoms with Gasteiger partial charge in [-0.25, -0.2) is 8.78 Å². The van der Waals surface area contributed by atoms with Crippen LogP contribution in [0.25, 0.3) is 0 Å². The summed E-state index contributed by atoms with van der Waals surface area (Å²) in [4.78, 5) is 0. The first kappa shape index (κ1) is 7.98. The van der Waals surface area contributed by atoms with Crippen LogP contribution < -0.4 is 4.74 Å². The molecule has 0 fully saturated rings. The van der Waals surface area contributed by atoms with Gasteiger partial charge in [0.05, 0.1) is 6.61 Å². The highest BCUT2D eigenvalue weighted by Gasteiger charge is 2.07. The molecular formula is C8H7F2O. The van der Waals surface area contributed by atoms with Crippen molar-refractivity contribution >= 4 is 0 Å². The molecule has 11 heavy (non-hydrogen) atoms. The molecule has 0 heterocycles. The summed E-state index contributed by atoms with van der Waals surface area (Å²) in [7, 11) is 0. The van der Waals surface area contributed by atoms with E-state index in [9.17, 15) is 8.78 Å². The summed E-state index contributed by atoms with van der Waals surface area (Å²) >= 11 is 0. The Bertz CT molecular complexity index is 228. The third kappa shape index (κ3) is 1.67. The normalized spacial score (nSPS) is 9.73. The molecule has 0 atom stereocenters. The second-order valence-electron chi connectivity index (χ2n) is 1.90.